The second kappa shape index (κ2) is 5.01. The lowest BCUT2D eigenvalue weighted by molar-refractivity contribution is 0.0643. The van der Waals surface area contributed by atoms with Crippen LogP contribution in [0.15, 0.2) is 24.5 Å². The third-order valence-corrected chi connectivity index (χ3v) is 3.77. The normalized spacial score (nSPS) is 17.0. The van der Waals surface area contributed by atoms with Gasteiger partial charge in [-0.3, -0.25) is 4.79 Å². The Balaban J connectivity index is 1.76. The van der Waals surface area contributed by atoms with Gasteiger partial charge < -0.3 is 14.8 Å². The zero-order chi connectivity index (χ0) is 13.2. The molecule has 1 aromatic carbocycles. The van der Waals surface area contributed by atoms with Crippen LogP contribution in [0.5, 0.6) is 0 Å². The maximum absolute atomic E-state index is 12.4. The Morgan fingerprint density at radius 3 is 2.84 bits per heavy atom. The molecule has 0 spiro atoms. The highest BCUT2D eigenvalue weighted by atomic mass is 16.2. The number of hydrogen-bond donors (Lipinski definition) is 1. The molecule has 5 nitrogen and oxygen atoms in total. The standard InChI is InChI=1S/C14H18N4O/c1-2-17-5-7-18(8-6-17)14(19)11-3-4-12-13(9-11)16-10-15-12/h3-4,9-10H,2,5-8H2,1H3,(H,15,16). The van der Waals surface area contributed by atoms with Crippen molar-refractivity contribution < 1.29 is 4.79 Å². The van der Waals surface area contributed by atoms with Crippen LogP contribution in [0.1, 0.15) is 17.3 Å². The largest absolute Gasteiger partial charge is 0.345 e. The summed E-state index contributed by atoms with van der Waals surface area (Å²) in [6, 6.07) is 5.63. The Morgan fingerprint density at radius 2 is 2.11 bits per heavy atom. The van der Waals surface area contributed by atoms with Gasteiger partial charge in [0, 0.05) is 31.7 Å². The minimum atomic E-state index is 0.118. The number of aromatic amines is 1. The second-order valence-corrected chi connectivity index (χ2v) is 4.86. The van der Waals surface area contributed by atoms with Gasteiger partial charge in [0.05, 0.1) is 17.4 Å². The Kier molecular flexibility index (Phi) is 3.21. The number of imidazole rings is 1. The molecule has 0 aliphatic carbocycles. The number of amides is 1. The highest BCUT2D eigenvalue weighted by Crippen LogP contribution is 2.14. The Labute approximate surface area is 112 Å². The average Bonchev–Trinajstić information content (AvgIpc) is 2.94. The van der Waals surface area contributed by atoms with Crippen LogP contribution < -0.4 is 0 Å². The number of benzene rings is 1. The lowest BCUT2D eigenvalue weighted by Gasteiger charge is -2.34. The zero-order valence-electron chi connectivity index (χ0n) is 11.1. The summed E-state index contributed by atoms with van der Waals surface area (Å²) in [5, 5.41) is 0. The molecule has 1 aliphatic heterocycles. The van der Waals surface area contributed by atoms with Gasteiger partial charge in [-0.1, -0.05) is 6.92 Å². The number of carbonyl (C=O) groups excluding carboxylic acids is 1. The molecule has 0 saturated carbocycles. The van der Waals surface area contributed by atoms with Crippen molar-refractivity contribution in [3.05, 3.63) is 30.1 Å². The van der Waals surface area contributed by atoms with E-state index in [1.54, 1.807) is 6.33 Å². The molecule has 0 unspecified atom stereocenters. The first-order valence-corrected chi connectivity index (χ1v) is 6.72. The summed E-state index contributed by atoms with van der Waals surface area (Å²) in [7, 11) is 0. The number of H-pyrrole nitrogens is 1. The van der Waals surface area contributed by atoms with E-state index in [1.807, 2.05) is 23.1 Å². The van der Waals surface area contributed by atoms with Crippen molar-refractivity contribution in [1.82, 2.24) is 19.8 Å². The van der Waals surface area contributed by atoms with Gasteiger partial charge in [-0.2, -0.15) is 0 Å². The number of carbonyl (C=O) groups is 1. The second-order valence-electron chi connectivity index (χ2n) is 4.86. The van der Waals surface area contributed by atoms with Gasteiger partial charge in [0.15, 0.2) is 0 Å². The van der Waals surface area contributed by atoms with E-state index in [0.717, 1.165) is 49.3 Å². The first-order chi connectivity index (χ1) is 9.28. The number of nitrogens with zero attached hydrogens (tertiary/aromatic N) is 3. The molecule has 1 fully saturated rings. The van der Waals surface area contributed by atoms with E-state index in [0.29, 0.717) is 0 Å². The molecular weight excluding hydrogens is 240 g/mol. The van der Waals surface area contributed by atoms with Crippen LogP contribution in [0.4, 0.5) is 0 Å². The van der Waals surface area contributed by atoms with Crippen molar-refractivity contribution in [2.24, 2.45) is 0 Å². The quantitative estimate of drug-likeness (QED) is 0.884. The molecule has 0 radical (unpaired) electrons. The summed E-state index contributed by atoms with van der Waals surface area (Å²) in [5.74, 6) is 0.118. The number of fused-ring (bicyclic) bond motifs is 1. The molecule has 0 bridgehead atoms. The van der Waals surface area contributed by atoms with E-state index in [2.05, 4.69) is 21.8 Å². The van der Waals surface area contributed by atoms with Crippen molar-refractivity contribution in [1.29, 1.82) is 0 Å². The number of piperazine rings is 1. The zero-order valence-corrected chi connectivity index (χ0v) is 11.1. The SMILES string of the molecule is CCN1CCN(C(=O)c2ccc3nc[nH]c3c2)CC1. The topological polar surface area (TPSA) is 52.2 Å². The van der Waals surface area contributed by atoms with Gasteiger partial charge in [0.2, 0.25) is 0 Å². The fraction of sp³-hybridized carbons (Fsp3) is 0.429. The van der Waals surface area contributed by atoms with Crippen LogP contribution in [-0.2, 0) is 0 Å². The predicted octanol–water partition coefficient (Wildman–Crippen LogP) is 1.34. The van der Waals surface area contributed by atoms with Gasteiger partial charge in [-0.15, -0.1) is 0 Å². The first-order valence-electron chi connectivity index (χ1n) is 6.72. The number of rotatable bonds is 2. The molecular formula is C14H18N4O. The van der Waals surface area contributed by atoms with E-state index in [9.17, 15) is 4.79 Å². The van der Waals surface area contributed by atoms with Crippen molar-refractivity contribution in [3.8, 4) is 0 Å². The number of aromatic nitrogens is 2. The van der Waals surface area contributed by atoms with Gasteiger partial charge in [0.1, 0.15) is 0 Å². The molecule has 2 heterocycles. The summed E-state index contributed by atoms with van der Waals surface area (Å²) in [6.07, 6.45) is 1.65. The molecule has 100 valence electrons. The van der Waals surface area contributed by atoms with E-state index in [4.69, 9.17) is 0 Å². The summed E-state index contributed by atoms with van der Waals surface area (Å²) in [5.41, 5.74) is 2.55. The summed E-state index contributed by atoms with van der Waals surface area (Å²) < 4.78 is 0. The maximum atomic E-state index is 12.4. The van der Waals surface area contributed by atoms with E-state index in [-0.39, 0.29) is 5.91 Å². The predicted molar refractivity (Wildman–Crippen MR) is 74.1 cm³/mol. The molecule has 2 aromatic rings. The molecule has 5 heteroatoms. The van der Waals surface area contributed by atoms with Crippen LogP contribution >= 0.6 is 0 Å². The van der Waals surface area contributed by atoms with Crippen LogP contribution in [0, 0.1) is 0 Å². The van der Waals surface area contributed by atoms with Crippen molar-refractivity contribution in [2.75, 3.05) is 32.7 Å². The number of hydrogen-bond acceptors (Lipinski definition) is 3. The summed E-state index contributed by atoms with van der Waals surface area (Å²) >= 11 is 0. The average molecular weight is 258 g/mol. The lowest BCUT2D eigenvalue weighted by Crippen LogP contribution is -2.48. The molecule has 19 heavy (non-hydrogen) atoms. The molecule has 1 saturated heterocycles. The fourth-order valence-corrected chi connectivity index (χ4v) is 2.52. The minimum absolute atomic E-state index is 0.118. The summed E-state index contributed by atoms with van der Waals surface area (Å²) in [4.78, 5) is 23.9. The van der Waals surface area contributed by atoms with Crippen molar-refractivity contribution in [2.45, 2.75) is 6.92 Å². The van der Waals surface area contributed by atoms with Crippen LogP contribution in [-0.4, -0.2) is 58.4 Å². The van der Waals surface area contributed by atoms with Crippen LogP contribution in [0.25, 0.3) is 11.0 Å². The Morgan fingerprint density at radius 1 is 1.32 bits per heavy atom. The van der Waals surface area contributed by atoms with Crippen molar-refractivity contribution in [3.63, 3.8) is 0 Å². The number of nitrogens with one attached hydrogen (secondary N) is 1. The monoisotopic (exact) mass is 258 g/mol. The van der Waals surface area contributed by atoms with E-state index >= 15 is 0 Å². The molecule has 1 aliphatic rings. The molecule has 1 N–H and O–H groups in total. The van der Waals surface area contributed by atoms with Crippen molar-refractivity contribution >= 4 is 16.9 Å². The highest BCUT2D eigenvalue weighted by molar-refractivity contribution is 5.97. The Bertz CT molecular complexity index is 584. The fourth-order valence-electron chi connectivity index (χ4n) is 2.52. The molecule has 1 amide bonds. The van der Waals surface area contributed by atoms with Gasteiger partial charge >= 0.3 is 0 Å². The molecule has 3 rings (SSSR count). The Hall–Kier alpha value is -1.88. The maximum Gasteiger partial charge on any atom is 0.254 e. The summed E-state index contributed by atoms with van der Waals surface area (Å²) in [6.45, 7) is 6.77. The lowest BCUT2D eigenvalue weighted by atomic mass is 10.1. The molecule has 0 atom stereocenters. The minimum Gasteiger partial charge on any atom is -0.345 e. The van der Waals surface area contributed by atoms with Gasteiger partial charge in [-0.25, -0.2) is 4.98 Å². The van der Waals surface area contributed by atoms with Gasteiger partial charge in [-0.05, 0) is 24.7 Å². The first kappa shape index (κ1) is 12.2. The third-order valence-electron chi connectivity index (χ3n) is 3.77. The smallest absolute Gasteiger partial charge is 0.254 e. The van der Waals surface area contributed by atoms with E-state index in [1.165, 1.54) is 0 Å². The van der Waals surface area contributed by atoms with E-state index < -0.39 is 0 Å². The van der Waals surface area contributed by atoms with Crippen LogP contribution in [0.3, 0.4) is 0 Å². The third kappa shape index (κ3) is 2.33. The molecule has 1 aromatic heterocycles. The highest BCUT2D eigenvalue weighted by Gasteiger charge is 2.21. The van der Waals surface area contributed by atoms with Crippen LogP contribution in [0.2, 0.25) is 0 Å². The number of likely N-dealkylation sites (N-methyl/N-ethyl adjacent to an activating group) is 1. The van der Waals surface area contributed by atoms with Gasteiger partial charge in [0.25, 0.3) is 5.91 Å².